The summed E-state index contributed by atoms with van der Waals surface area (Å²) in [5.74, 6) is 0.731. The number of nitrogens with zero attached hydrogens (tertiary/aromatic N) is 3. The minimum Gasteiger partial charge on any atom is -0.337 e. The molecule has 2 rings (SSSR count). The lowest BCUT2D eigenvalue weighted by atomic mass is 10.0. The standard InChI is InChI=1S/C13H22N4O/c1-2-3-11-4-6-17(8-11)13(18)12-9-16(7-5-14)10-15-12/h9-11H,2-8,14H2,1H3. The summed E-state index contributed by atoms with van der Waals surface area (Å²) >= 11 is 0. The molecular formula is C13H22N4O. The number of amides is 1. The van der Waals surface area contributed by atoms with Crippen LogP contribution in [0.5, 0.6) is 0 Å². The first kappa shape index (κ1) is 13.1. The number of aromatic nitrogens is 2. The quantitative estimate of drug-likeness (QED) is 0.851. The lowest BCUT2D eigenvalue weighted by Gasteiger charge is -2.14. The highest BCUT2D eigenvalue weighted by atomic mass is 16.2. The molecule has 0 bridgehead atoms. The zero-order chi connectivity index (χ0) is 13.0. The average Bonchev–Trinajstić information content (AvgIpc) is 2.98. The van der Waals surface area contributed by atoms with Crippen LogP contribution >= 0.6 is 0 Å². The summed E-state index contributed by atoms with van der Waals surface area (Å²) in [7, 11) is 0. The molecule has 0 spiro atoms. The first-order valence-corrected chi connectivity index (χ1v) is 6.75. The third-order valence-corrected chi connectivity index (χ3v) is 3.51. The predicted molar refractivity (Wildman–Crippen MR) is 70.2 cm³/mol. The Kier molecular flexibility index (Phi) is 4.36. The molecule has 5 heteroatoms. The Labute approximate surface area is 108 Å². The van der Waals surface area contributed by atoms with E-state index in [1.165, 1.54) is 12.8 Å². The van der Waals surface area contributed by atoms with Gasteiger partial charge in [0.2, 0.25) is 0 Å². The molecule has 0 aliphatic carbocycles. The van der Waals surface area contributed by atoms with E-state index in [1.54, 1.807) is 12.5 Å². The van der Waals surface area contributed by atoms with Gasteiger partial charge >= 0.3 is 0 Å². The molecule has 2 heterocycles. The Morgan fingerprint density at radius 1 is 1.61 bits per heavy atom. The molecule has 5 nitrogen and oxygen atoms in total. The van der Waals surface area contributed by atoms with Crippen molar-refractivity contribution in [2.45, 2.75) is 32.7 Å². The molecule has 1 saturated heterocycles. The second-order valence-electron chi connectivity index (χ2n) is 4.98. The van der Waals surface area contributed by atoms with Gasteiger partial charge in [-0.1, -0.05) is 13.3 Å². The molecule has 0 saturated carbocycles. The summed E-state index contributed by atoms with van der Waals surface area (Å²) in [6, 6.07) is 0. The van der Waals surface area contributed by atoms with Gasteiger partial charge in [0.25, 0.3) is 5.91 Å². The fourth-order valence-corrected chi connectivity index (χ4v) is 2.56. The van der Waals surface area contributed by atoms with E-state index in [2.05, 4.69) is 11.9 Å². The maximum Gasteiger partial charge on any atom is 0.274 e. The largest absolute Gasteiger partial charge is 0.337 e. The van der Waals surface area contributed by atoms with Crippen LogP contribution in [-0.2, 0) is 6.54 Å². The van der Waals surface area contributed by atoms with Crippen molar-refractivity contribution in [1.29, 1.82) is 0 Å². The minimum atomic E-state index is 0.0596. The molecule has 1 aromatic heterocycles. The number of hydrogen-bond donors (Lipinski definition) is 1. The van der Waals surface area contributed by atoms with Crippen molar-refractivity contribution in [2.24, 2.45) is 11.7 Å². The smallest absolute Gasteiger partial charge is 0.274 e. The Hall–Kier alpha value is -1.36. The summed E-state index contributed by atoms with van der Waals surface area (Å²) in [6.45, 7) is 5.22. The number of carbonyl (C=O) groups excluding carboxylic acids is 1. The van der Waals surface area contributed by atoms with E-state index in [-0.39, 0.29) is 5.91 Å². The molecule has 18 heavy (non-hydrogen) atoms. The minimum absolute atomic E-state index is 0.0596. The topological polar surface area (TPSA) is 64.2 Å². The summed E-state index contributed by atoms with van der Waals surface area (Å²) in [4.78, 5) is 18.3. The summed E-state index contributed by atoms with van der Waals surface area (Å²) in [5, 5.41) is 0. The number of likely N-dealkylation sites (tertiary alicyclic amines) is 1. The molecule has 0 aromatic carbocycles. The van der Waals surface area contributed by atoms with Crippen LogP contribution < -0.4 is 5.73 Å². The van der Waals surface area contributed by atoms with Gasteiger partial charge in [-0.3, -0.25) is 4.79 Å². The highest BCUT2D eigenvalue weighted by Crippen LogP contribution is 2.22. The van der Waals surface area contributed by atoms with Gasteiger partial charge in [0.05, 0.1) is 6.33 Å². The van der Waals surface area contributed by atoms with Gasteiger partial charge in [0, 0.05) is 32.4 Å². The zero-order valence-corrected chi connectivity index (χ0v) is 11.0. The van der Waals surface area contributed by atoms with Crippen molar-refractivity contribution >= 4 is 5.91 Å². The van der Waals surface area contributed by atoms with Crippen LogP contribution in [0.1, 0.15) is 36.7 Å². The van der Waals surface area contributed by atoms with Crippen molar-refractivity contribution in [1.82, 2.24) is 14.5 Å². The van der Waals surface area contributed by atoms with Gasteiger partial charge in [-0.05, 0) is 18.8 Å². The van der Waals surface area contributed by atoms with Crippen LogP contribution in [0.3, 0.4) is 0 Å². The van der Waals surface area contributed by atoms with E-state index < -0.39 is 0 Å². The molecule has 2 N–H and O–H groups in total. The monoisotopic (exact) mass is 250 g/mol. The van der Waals surface area contributed by atoms with Crippen molar-refractivity contribution in [3.63, 3.8) is 0 Å². The maximum atomic E-state index is 12.2. The summed E-state index contributed by atoms with van der Waals surface area (Å²) in [5.41, 5.74) is 6.02. The Morgan fingerprint density at radius 2 is 2.44 bits per heavy atom. The molecule has 1 aliphatic heterocycles. The number of imidazole rings is 1. The SMILES string of the molecule is CCCC1CCN(C(=O)c2cn(CCN)cn2)C1. The summed E-state index contributed by atoms with van der Waals surface area (Å²) < 4.78 is 1.87. The molecule has 1 atom stereocenters. The number of hydrogen-bond acceptors (Lipinski definition) is 3. The lowest BCUT2D eigenvalue weighted by molar-refractivity contribution is 0.0781. The van der Waals surface area contributed by atoms with Crippen LogP contribution in [0.15, 0.2) is 12.5 Å². The fourth-order valence-electron chi connectivity index (χ4n) is 2.56. The van der Waals surface area contributed by atoms with Crippen LogP contribution in [0.25, 0.3) is 0 Å². The molecular weight excluding hydrogens is 228 g/mol. The third kappa shape index (κ3) is 2.90. The zero-order valence-electron chi connectivity index (χ0n) is 11.0. The van der Waals surface area contributed by atoms with Gasteiger partial charge in [0.1, 0.15) is 5.69 Å². The van der Waals surface area contributed by atoms with Gasteiger partial charge < -0.3 is 15.2 Å². The van der Waals surface area contributed by atoms with Crippen molar-refractivity contribution in [3.05, 3.63) is 18.2 Å². The van der Waals surface area contributed by atoms with Gasteiger partial charge in [-0.15, -0.1) is 0 Å². The molecule has 1 fully saturated rings. The highest BCUT2D eigenvalue weighted by molar-refractivity contribution is 5.92. The van der Waals surface area contributed by atoms with E-state index in [4.69, 9.17) is 5.73 Å². The van der Waals surface area contributed by atoms with Gasteiger partial charge in [0.15, 0.2) is 0 Å². The van der Waals surface area contributed by atoms with Gasteiger partial charge in [-0.25, -0.2) is 4.98 Å². The second kappa shape index (κ2) is 6.00. The van der Waals surface area contributed by atoms with Crippen molar-refractivity contribution < 1.29 is 4.79 Å². The molecule has 1 unspecified atom stereocenters. The number of carbonyl (C=O) groups is 1. The molecule has 0 radical (unpaired) electrons. The van der Waals surface area contributed by atoms with E-state index in [0.29, 0.717) is 24.7 Å². The second-order valence-corrected chi connectivity index (χ2v) is 4.98. The normalized spacial score (nSPS) is 19.4. The first-order valence-electron chi connectivity index (χ1n) is 6.75. The maximum absolute atomic E-state index is 12.2. The van der Waals surface area contributed by atoms with Crippen LogP contribution in [0.2, 0.25) is 0 Å². The molecule has 100 valence electrons. The summed E-state index contributed by atoms with van der Waals surface area (Å²) in [6.07, 6.45) is 7.01. The number of nitrogens with two attached hydrogens (primary N) is 1. The predicted octanol–water partition coefficient (Wildman–Crippen LogP) is 1.10. The Morgan fingerprint density at radius 3 is 3.17 bits per heavy atom. The Bertz CT molecular complexity index is 401. The van der Waals surface area contributed by atoms with E-state index in [1.807, 2.05) is 9.47 Å². The Balaban J connectivity index is 1.94. The fraction of sp³-hybridized carbons (Fsp3) is 0.692. The molecule has 1 aliphatic rings. The van der Waals surface area contributed by atoms with Crippen molar-refractivity contribution in [2.75, 3.05) is 19.6 Å². The van der Waals surface area contributed by atoms with E-state index in [0.717, 1.165) is 19.5 Å². The van der Waals surface area contributed by atoms with Crippen LogP contribution in [0.4, 0.5) is 0 Å². The van der Waals surface area contributed by atoms with Crippen LogP contribution in [-0.4, -0.2) is 40.0 Å². The van der Waals surface area contributed by atoms with E-state index in [9.17, 15) is 4.79 Å². The number of rotatable bonds is 5. The highest BCUT2D eigenvalue weighted by Gasteiger charge is 2.27. The van der Waals surface area contributed by atoms with Crippen molar-refractivity contribution in [3.8, 4) is 0 Å². The third-order valence-electron chi connectivity index (χ3n) is 3.51. The lowest BCUT2D eigenvalue weighted by Crippen LogP contribution is -2.29. The first-order chi connectivity index (χ1) is 8.74. The van der Waals surface area contributed by atoms with E-state index >= 15 is 0 Å². The van der Waals surface area contributed by atoms with Crippen LogP contribution in [0, 0.1) is 5.92 Å². The molecule has 1 aromatic rings. The van der Waals surface area contributed by atoms with Gasteiger partial charge in [-0.2, -0.15) is 0 Å². The molecule has 1 amide bonds. The average molecular weight is 250 g/mol.